The second-order valence-electron chi connectivity index (χ2n) is 4.97. The van der Waals surface area contributed by atoms with E-state index in [1.807, 2.05) is 18.4 Å². The fourth-order valence-electron chi connectivity index (χ4n) is 2.25. The Balaban J connectivity index is 1.84. The Bertz CT molecular complexity index is 331. The summed E-state index contributed by atoms with van der Waals surface area (Å²) >= 11 is 1.88. The van der Waals surface area contributed by atoms with Gasteiger partial charge in [0, 0.05) is 29.6 Å². The number of likely N-dealkylation sites (N-methyl/N-ethyl adjacent to an activating group) is 1. The number of hydrogen-bond donors (Lipinski definition) is 2. The number of thiazole rings is 1. The molecule has 1 aliphatic heterocycles. The molecule has 1 fully saturated rings. The van der Waals surface area contributed by atoms with Crippen molar-refractivity contribution < 1.29 is 0 Å². The van der Waals surface area contributed by atoms with Gasteiger partial charge in [0.05, 0.1) is 5.01 Å². The van der Waals surface area contributed by atoms with Gasteiger partial charge in [-0.05, 0) is 39.8 Å². The Hall–Kier alpha value is -0.450. The van der Waals surface area contributed by atoms with Crippen LogP contribution in [0.4, 0.5) is 0 Å². The SMILES string of the molecule is CNC(C)Cc1cnc(CC2CCCCN2)s1. The van der Waals surface area contributed by atoms with Gasteiger partial charge in [0.2, 0.25) is 0 Å². The second-order valence-corrected chi connectivity index (χ2v) is 6.16. The van der Waals surface area contributed by atoms with Crippen LogP contribution >= 0.6 is 11.3 Å². The van der Waals surface area contributed by atoms with E-state index in [4.69, 9.17) is 0 Å². The molecule has 3 nitrogen and oxygen atoms in total. The van der Waals surface area contributed by atoms with Crippen molar-refractivity contribution >= 4 is 11.3 Å². The fourth-order valence-corrected chi connectivity index (χ4v) is 3.38. The molecule has 0 bridgehead atoms. The summed E-state index contributed by atoms with van der Waals surface area (Å²) in [6.07, 6.45) is 8.26. The fraction of sp³-hybridized carbons (Fsp3) is 0.769. The summed E-state index contributed by atoms with van der Waals surface area (Å²) in [7, 11) is 2.01. The molecule has 2 unspecified atom stereocenters. The summed E-state index contributed by atoms with van der Waals surface area (Å²) in [5.74, 6) is 0. The molecule has 2 N–H and O–H groups in total. The molecule has 17 heavy (non-hydrogen) atoms. The third-order valence-electron chi connectivity index (χ3n) is 3.44. The molecule has 2 heterocycles. The largest absolute Gasteiger partial charge is 0.317 e. The van der Waals surface area contributed by atoms with Crippen molar-refractivity contribution in [3.05, 3.63) is 16.1 Å². The molecule has 1 aliphatic rings. The van der Waals surface area contributed by atoms with Crippen LogP contribution in [0.5, 0.6) is 0 Å². The first kappa shape index (κ1) is 13.0. The van der Waals surface area contributed by atoms with Gasteiger partial charge >= 0.3 is 0 Å². The summed E-state index contributed by atoms with van der Waals surface area (Å²) < 4.78 is 0. The topological polar surface area (TPSA) is 37.0 Å². The molecule has 0 aromatic carbocycles. The maximum absolute atomic E-state index is 4.55. The number of piperidine rings is 1. The summed E-state index contributed by atoms with van der Waals surface area (Å²) in [5.41, 5.74) is 0. The number of aromatic nitrogens is 1. The molecule has 2 atom stereocenters. The summed E-state index contributed by atoms with van der Waals surface area (Å²) in [6.45, 7) is 3.39. The normalized spacial score (nSPS) is 22.6. The molecule has 4 heteroatoms. The van der Waals surface area contributed by atoms with E-state index in [9.17, 15) is 0 Å². The molecule has 1 aromatic heterocycles. The predicted octanol–water partition coefficient (Wildman–Crippen LogP) is 1.98. The number of hydrogen-bond acceptors (Lipinski definition) is 4. The first-order valence-corrected chi connectivity index (χ1v) is 7.44. The van der Waals surface area contributed by atoms with Crippen molar-refractivity contribution in [2.75, 3.05) is 13.6 Å². The van der Waals surface area contributed by atoms with E-state index in [-0.39, 0.29) is 0 Å². The van der Waals surface area contributed by atoms with Gasteiger partial charge in [-0.1, -0.05) is 6.42 Å². The van der Waals surface area contributed by atoms with Gasteiger partial charge < -0.3 is 10.6 Å². The van der Waals surface area contributed by atoms with Crippen LogP contribution in [0, 0.1) is 0 Å². The average Bonchev–Trinajstić information content (AvgIpc) is 2.77. The molecule has 1 saturated heterocycles. The van der Waals surface area contributed by atoms with E-state index in [0.717, 1.165) is 12.8 Å². The van der Waals surface area contributed by atoms with Crippen molar-refractivity contribution in [2.24, 2.45) is 0 Å². The highest BCUT2D eigenvalue weighted by Gasteiger charge is 2.15. The molecule has 0 spiro atoms. The smallest absolute Gasteiger partial charge is 0.0943 e. The Labute approximate surface area is 108 Å². The maximum Gasteiger partial charge on any atom is 0.0943 e. The van der Waals surface area contributed by atoms with Crippen LogP contribution in [0.25, 0.3) is 0 Å². The first-order valence-electron chi connectivity index (χ1n) is 6.62. The number of nitrogens with zero attached hydrogens (tertiary/aromatic N) is 1. The summed E-state index contributed by atoms with van der Waals surface area (Å²) in [5, 5.41) is 8.15. The first-order chi connectivity index (χ1) is 8.28. The van der Waals surface area contributed by atoms with Crippen LogP contribution in [-0.2, 0) is 12.8 Å². The van der Waals surface area contributed by atoms with E-state index in [0.29, 0.717) is 12.1 Å². The quantitative estimate of drug-likeness (QED) is 0.842. The van der Waals surface area contributed by atoms with Crippen molar-refractivity contribution in [3.8, 4) is 0 Å². The van der Waals surface area contributed by atoms with Crippen LogP contribution < -0.4 is 10.6 Å². The number of rotatable bonds is 5. The lowest BCUT2D eigenvalue weighted by Crippen LogP contribution is -2.35. The molecule has 0 aliphatic carbocycles. The van der Waals surface area contributed by atoms with Crippen LogP contribution in [0.1, 0.15) is 36.1 Å². The lowest BCUT2D eigenvalue weighted by atomic mass is 10.0. The van der Waals surface area contributed by atoms with Crippen LogP contribution in [-0.4, -0.2) is 30.7 Å². The third-order valence-corrected chi connectivity index (χ3v) is 4.48. The highest BCUT2D eigenvalue weighted by Crippen LogP contribution is 2.19. The van der Waals surface area contributed by atoms with E-state index < -0.39 is 0 Å². The van der Waals surface area contributed by atoms with Crippen LogP contribution in [0.3, 0.4) is 0 Å². The Morgan fingerprint density at radius 1 is 1.59 bits per heavy atom. The van der Waals surface area contributed by atoms with Gasteiger partial charge in [0.25, 0.3) is 0 Å². The molecule has 0 radical (unpaired) electrons. The second kappa shape index (κ2) is 6.47. The van der Waals surface area contributed by atoms with Crippen molar-refractivity contribution in [1.29, 1.82) is 0 Å². The highest BCUT2D eigenvalue weighted by atomic mass is 32.1. The zero-order chi connectivity index (χ0) is 12.1. The molecule has 0 saturated carbocycles. The summed E-state index contributed by atoms with van der Waals surface area (Å²) in [6, 6.07) is 1.19. The van der Waals surface area contributed by atoms with Gasteiger partial charge in [0.1, 0.15) is 0 Å². The monoisotopic (exact) mass is 253 g/mol. The molecular formula is C13H23N3S. The van der Waals surface area contributed by atoms with E-state index >= 15 is 0 Å². The minimum Gasteiger partial charge on any atom is -0.317 e. The van der Waals surface area contributed by atoms with E-state index in [1.54, 1.807) is 0 Å². The zero-order valence-corrected chi connectivity index (χ0v) is 11.6. The predicted molar refractivity (Wildman–Crippen MR) is 73.7 cm³/mol. The zero-order valence-electron chi connectivity index (χ0n) is 10.8. The van der Waals surface area contributed by atoms with Gasteiger partial charge in [0.15, 0.2) is 0 Å². The molecule has 96 valence electrons. The van der Waals surface area contributed by atoms with Gasteiger partial charge in [-0.25, -0.2) is 4.98 Å². The molecular weight excluding hydrogens is 230 g/mol. The Morgan fingerprint density at radius 2 is 2.47 bits per heavy atom. The van der Waals surface area contributed by atoms with Crippen LogP contribution in [0.15, 0.2) is 6.20 Å². The Kier molecular flexibility index (Phi) is 4.95. The molecule has 1 aromatic rings. The number of nitrogens with one attached hydrogen (secondary N) is 2. The minimum absolute atomic E-state index is 0.538. The Morgan fingerprint density at radius 3 is 3.18 bits per heavy atom. The molecule has 0 amide bonds. The van der Waals surface area contributed by atoms with Gasteiger partial charge in [-0.3, -0.25) is 0 Å². The van der Waals surface area contributed by atoms with Crippen molar-refractivity contribution in [2.45, 2.75) is 51.1 Å². The maximum atomic E-state index is 4.55. The highest BCUT2D eigenvalue weighted by molar-refractivity contribution is 7.11. The minimum atomic E-state index is 0.538. The molecule has 2 rings (SSSR count). The third kappa shape index (κ3) is 4.05. The van der Waals surface area contributed by atoms with Crippen molar-refractivity contribution in [1.82, 2.24) is 15.6 Å². The van der Waals surface area contributed by atoms with Gasteiger partial charge in [-0.15, -0.1) is 11.3 Å². The standard InChI is InChI=1S/C13H23N3S/c1-10(14-2)7-12-9-16-13(17-12)8-11-5-3-4-6-15-11/h9-11,14-15H,3-8H2,1-2H3. The summed E-state index contributed by atoms with van der Waals surface area (Å²) in [4.78, 5) is 5.95. The van der Waals surface area contributed by atoms with E-state index in [1.165, 1.54) is 35.7 Å². The average molecular weight is 253 g/mol. The van der Waals surface area contributed by atoms with Crippen LogP contribution in [0.2, 0.25) is 0 Å². The van der Waals surface area contributed by atoms with E-state index in [2.05, 4.69) is 28.7 Å². The van der Waals surface area contributed by atoms with Crippen molar-refractivity contribution in [3.63, 3.8) is 0 Å². The lowest BCUT2D eigenvalue weighted by Gasteiger charge is -2.22. The van der Waals surface area contributed by atoms with Gasteiger partial charge in [-0.2, -0.15) is 0 Å². The lowest BCUT2D eigenvalue weighted by molar-refractivity contribution is 0.399.